The Morgan fingerprint density at radius 1 is 1.09 bits per heavy atom. The van der Waals surface area contributed by atoms with E-state index in [1.807, 2.05) is 17.4 Å². The lowest BCUT2D eigenvalue weighted by atomic mass is 10.2. The van der Waals surface area contributed by atoms with E-state index in [2.05, 4.69) is 69.9 Å². The number of benzene rings is 1. The molecule has 0 amide bonds. The monoisotopic (exact) mass is 394 g/mol. The van der Waals surface area contributed by atoms with Crippen molar-refractivity contribution in [1.29, 1.82) is 0 Å². The van der Waals surface area contributed by atoms with Crippen molar-refractivity contribution in [3.63, 3.8) is 0 Å². The first-order valence-corrected chi connectivity index (χ1v) is 9.70. The van der Waals surface area contributed by atoms with Crippen molar-refractivity contribution in [3.05, 3.63) is 45.1 Å². The average Bonchev–Trinajstić information content (AvgIpc) is 2.93. The summed E-state index contributed by atoms with van der Waals surface area (Å²) in [6.45, 7) is 9.48. The van der Waals surface area contributed by atoms with Crippen LogP contribution in [-0.4, -0.2) is 37.2 Å². The van der Waals surface area contributed by atoms with E-state index in [4.69, 9.17) is 4.74 Å². The van der Waals surface area contributed by atoms with Gasteiger partial charge in [0.15, 0.2) is 0 Å². The van der Waals surface area contributed by atoms with E-state index in [9.17, 15) is 0 Å². The van der Waals surface area contributed by atoms with Gasteiger partial charge < -0.3 is 9.64 Å². The molecule has 2 aromatic rings. The number of thiophene rings is 1. The molecule has 0 spiro atoms. The van der Waals surface area contributed by atoms with Crippen molar-refractivity contribution in [2.24, 2.45) is 0 Å². The molecule has 3 nitrogen and oxygen atoms in total. The second-order valence-electron chi connectivity index (χ2n) is 6.10. The number of hydrogen-bond donors (Lipinski definition) is 0. The van der Waals surface area contributed by atoms with E-state index in [-0.39, 0.29) is 6.10 Å². The number of anilines is 1. The highest BCUT2D eigenvalue weighted by Crippen LogP contribution is 2.30. The van der Waals surface area contributed by atoms with Crippen molar-refractivity contribution >= 4 is 33.0 Å². The Hall–Kier alpha value is -1.04. The Morgan fingerprint density at radius 3 is 2.48 bits per heavy atom. The van der Waals surface area contributed by atoms with Crippen molar-refractivity contribution in [2.75, 3.05) is 31.1 Å². The van der Waals surface area contributed by atoms with Gasteiger partial charge in [0, 0.05) is 37.6 Å². The second kappa shape index (κ2) is 7.69. The van der Waals surface area contributed by atoms with Crippen molar-refractivity contribution in [3.8, 4) is 5.75 Å². The molecule has 1 aliphatic heterocycles. The fourth-order valence-corrected chi connectivity index (χ4v) is 4.40. The summed E-state index contributed by atoms with van der Waals surface area (Å²) >= 11 is 5.37. The Balaban J connectivity index is 1.60. The summed E-state index contributed by atoms with van der Waals surface area (Å²) in [7, 11) is 0. The molecule has 1 aromatic heterocycles. The number of hydrogen-bond acceptors (Lipinski definition) is 4. The summed E-state index contributed by atoms with van der Waals surface area (Å²) in [5, 5.41) is 0. The Kier molecular flexibility index (Phi) is 5.62. The Bertz CT molecular complexity index is 635. The number of rotatable bonds is 5. The molecule has 3 rings (SSSR count). The first kappa shape index (κ1) is 16.8. The van der Waals surface area contributed by atoms with Gasteiger partial charge in [-0.3, -0.25) is 4.90 Å². The molecule has 1 aliphatic rings. The van der Waals surface area contributed by atoms with Crippen molar-refractivity contribution in [2.45, 2.75) is 26.5 Å². The summed E-state index contributed by atoms with van der Waals surface area (Å²) in [6, 6.07) is 12.7. The minimum atomic E-state index is 0.203. The van der Waals surface area contributed by atoms with Crippen molar-refractivity contribution in [1.82, 2.24) is 4.90 Å². The topological polar surface area (TPSA) is 15.7 Å². The lowest BCUT2D eigenvalue weighted by Crippen LogP contribution is -2.46. The molecule has 0 N–H and O–H groups in total. The van der Waals surface area contributed by atoms with Crippen LogP contribution >= 0.6 is 27.3 Å². The molecular formula is C18H23BrN2OS. The van der Waals surface area contributed by atoms with Crippen LogP contribution in [0.1, 0.15) is 18.7 Å². The highest BCUT2D eigenvalue weighted by molar-refractivity contribution is 9.11. The number of piperazine rings is 1. The van der Waals surface area contributed by atoms with E-state index < -0.39 is 0 Å². The van der Waals surface area contributed by atoms with E-state index in [0.717, 1.165) is 38.5 Å². The number of para-hydroxylation sites is 2. The molecule has 1 aromatic carbocycles. The zero-order valence-electron chi connectivity index (χ0n) is 13.7. The Morgan fingerprint density at radius 2 is 1.83 bits per heavy atom. The molecule has 0 atom stereocenters. The summed E-state index contributed by atoms with van der Waals surface area (Å²) in [5.74, 6) is 0.998. The lowest BCUT2D eigenvalue weighted by molar-refractivity contribution is 0.236. The van der Waals surface area contributed by atoms with Gasteiger partial charge in [0.05, 0.1) is 15.6 Å². The number of halogens is 1. The molecule has 0 radical (unpaired) electrons. The minimum Gasteiger partial charge on any atom is -0.489 e. The van der Waals surface area contributed by atoms with Crippen LogP contribution in [0.25, 0.3) is 0 Å². The fourth-order valence-electron chi connectivity index (χ4n) is 2.88. The average molecular weight is 395 g/mol. The third-order valence-corrected chi connectivity index (χ3v) is 5.56. The smallest absolute Gasteiger partial charge is 0.142 e. The van der Waals surface area contributed by atoms with Gasteiger partial charge in [-0.2, -0.15) is 0 Å². The zero-order valence-corrected chi connectivity index (χ0v) is 16.1. The molecule has 0 aliphatic carbocycles. The predicted molar refractivity (Wildman–Crippen MR) is 102 cm³/mol. The van der Waals surface area contributed by atoms with E-state index in [1.165, 1.54) is 14.4 Å². The molecule has 2 heterocycles. The molecular weight excluding hydrogens is 372 g/mol. The van der Waals surface area contributed by atoms with Crippen LogP contribution in [0, 0.1) is 0 Å². The lowest BCUT2D eigenvalue weighted by Gasteiger charge is -2.36. The highest BCUT2D eigenvalue weighted by Gasteiger charge is 2.20. The van der Waals surface area contributed by atoms with Gasteiger partial charge in [0.2, 0.25) is 0 Å². The molecule has 0 saturated carbocycles. The van der Waals surface area contributed by atoms with Gasteiger partial charge in [-0.15, -0.1) is 11.3 Å². The molecule has 124 valence electrons. The third kappa shape index (κ3) is 4.49. The van der Waals surface area contributed by atoms with E-state index in [1.54, 1.807) is 0 Å². The summed E-state index contributed by atoms with van der Waals surface area (Å²) in [6.07, 6.45) is 0.203. The summed E-state index contributed by atoms with van der Waals surface area (Å²) < 4.78 is 7.18. The SMILES string of the molecule is CC(C)Oc1ccccc1N1CCN(Cc2ccc(Br)s2)CC1. The second-order valence-corrected chi connectivity index (χ2v) is 8.65. The van der Waals surface area contributed by atoms with Crippen LogP contribution < -0.4 is 9.64 Å². The summed E-state index contributed by atoms with van der Waals surface area (Å²) in [5.41, 5.74) is 1.22. The summed E-state index contributed by atoms with van der Waals surface area (Å²) in [4.78, 5) is 6.40. The van der Waals surface area contributed by atoms with Crippen LogP contribution in [-0.2, 0) is 6.54 Å². The fraction of sp³-hybridized carbons (Fsp3) is 0.444. The van der Waals surface area contributed by atoms with Crippen LogP contribution in [0.2, 0.25) is 0 Å². The van der Waals surface area contributed by atoms with Crippen LogP contribution in [0.4, 0.5) is 5.69 Å². The maximum atomic E-state index is 5.96. The molecule has 0 bridgehead atoms. The van der Waals surface area contributed by atoms with Crippen molar-refractivity contribution < 1.29 is 4.74 Å². The van der Waals surface area contributed by atoms with Crippen LogP contribution in [0.15, 0.2) is 40.2 Å². The van der Waals surface area contributed by atoms with E-state index in [0.29, 0.717) is 0 Å². The molecule has 1 fully saturated rings. The van der Waals surface area contributed by atoms with Gasteiger partial charge in [-0.05, 0) is 54.0 Å². The maximum absolute atomic E-state index is 5.96. The zero-order chi connectivity index (χ0) is 16.2. The van der Waals surface area contributed by atoms with Gasteiger partial charge in [0.25, 0.3) is 0 Å². The van der Waals surface area contributed by atoms with Crippen LogP contribution in [0.3, 0.4) is 0 Å². The molecule has 0 unspecified atom stereocenters. The van der Waals surface area contributed by atoms with Crippen LogP contribution in [0.5, 0.6) is 5.75 Å². The van der Waals surface area contributed by atoms with Gasteiger partial charge in [0.1, 0.15) is 5.75 Å². The molecule has 1 saturated heterocycles. The predicted octanol–water partition coefficient (Wildman–Crippen LogP) is 4.62. The normalized spacial score (nSPS) is 16.1. The van der Waals surface area contributed by atoms with E-state index >= 15 is 0 Å². The minimum absolute atomic E-state index is 0.203. The van der Waals surface area contributed by atoms with Gasteiger partial charge >= 0.3 is 0 Å². The van der Waals surface area contributed by atoms with Gasteiger partial charge in [-0.25, -0.2) is 0 Å². The van der Waals surface area contributed by atoms with Gasteiger partial charge in [-0.1, -0.05) is 12.1 Å². The molecule has 5 heteroatoms. The largest absolute Gasteiger partial charge is 0.489 e. The highest BCUT2D eigenvalue weighted by atomic mass is 79.9. The maximum Gasteiger partial charge on any atom is 0.142 e. The quantitative estimate of drug-likeness (QED) is 0.735. The first-order chi connectivity index (χ1) is 11.1. The Labute approximate surface area is 151 Å². The number of ether oxygens (including phenoxy) is 1. The third-order valence-electron chi connectivity index (χ3n) is 3.95. The first-order valence-electron chi connectivity index (χ1n) is 8.09. The number of nitrogens with zero attached hydrogens (tertiary/aromatic N) is 2. The standard InChI is InChI=1S/C18H23BrN2OS/c1-14(2)22-17-6-4-3-5-16(17)21-11-9-20(10-12-21)13-15-7-8-18(19)23-15/h3-8,14H,9-13H2,1-2H3. The molecule has 23 heavy (non-hydrogen) atoms.